The molecule has 4 rings (SSSR count). The number of piperidine rings is 1. The van der Waals surface area contributed by atoms with Crippen LogP contribution in [0.4, 0.5) is 0 Å². The van der Waals surface area contributed by atoms with E-state index in [1.54, 1.807) is 0 Å². The maximum absolute atomic E-state index is 12.0. The van der Waals surface area contributed by atoms with Crippen LogP contribution in [0.15, 0.2) is 59.5 Å². The summed E-state index contributed by atoms with van der Waals surface area (Å²) in [4.78, 5) is 34.0. The molecule has 2 N–H and O–H groups in total. The van der Waals surface area contributed by atoms with E-state index in [2.05, 4.69) is 59.5 Å². The Bertz CT molecular complexity index is 997. The zero-order chi connectivity index (χ0) is 24.5. The summed E-state index contributed by atoms with van der Waals surface area (Å²) in [7, 11) is 0. The summed E-state index contributed by atoms with van der Waals surface area (Å²) < 4.78 is 5.19. The molecule has 0 spiro atoms. The molecule has 0 aliphatic carbocycles. The number of carbonyl (C=O) groups excluding carboxylic acids is 1. The fourth-order valence-electron chi connectivity index (χ4n) is 4.08. The normalized spacial score (nSPS) is 16.9. The number of aliphatic carboxylic acids is 2. The van der Waals surface area contributed by atoms with Crippen LogP contribution >= 0.6 is 11.8 Å². The number of carboxylic acids is 2. The number of nitrogens with zero attached hydrogens (tertiary/aromatic N) is 1. The molecule has 1 saturated heterocycles. The van der Waals surface area contributed by atoms with E-state index in [1.165, 1.54) is 27.2 Å². The number of thioether (sulfide) groups is 1. The highest BCUT2D eigenvalue weighted by Gasteiger charge is 2.26. The molecule has 0 saturated carbocycles. The van der Waals surface area contributed by atoms with Crippen molar-refractivity contribution < 1.29 is 29.3 Å². The quantitative estimate of drug-likeness (QED) is 0.494. The lowest BCUT2D eigenvalue weighted by Gasteiger charge is -2.30. The molecule has 0 bridgehead atoms. The van der Waals surface area contributed by atoms with E-state index < -0.39 is 11.9 Å². The van der Waals surface area contributed by atoms with Crippen LogP contribution in [0.1, 0.15) is 36.5 Å². The third-order valence-electron chi connectivity index (χ3n) is 5.81. The van der Waals surface area contributed by atoms with Crippen molar-refractivity contribution in [3.8, 4) is 0 Å². The molecule has 7 nitrogen and oxygen atoms in total. The molecule has 1 fully saturated rings. The Morgan fingerprint density at radius 3 is 2.26 bits per heavy atom. The van der Waals surface area contributed by atoms with Gasteiger partial charge in [-0.25, -0.2) is 9.59 Å². The van der Waals surface area contributed by atoms with Gasteiger partial charge in [0.1, 0.15) is 0 Å². The van der Waals surface area contributed by atoms with Gasteiger partial charge < -0.3 is 14.9 Å². The van der Waals surface area contributed by atoms with Crippen LogP contribution in [0.2, 0.25) is 0 Å². The first-order valence-electron chi connectivity index (χ1n) is 11.3. The van der Waals surface area contributed by atoms with E-state index in [9.17, 15) is 4.79 Å². The molecule has 0 radical (unpaired) electrons. The van der Waals surface area contributed by atoms with E-state index in [-0.39, 0.29) is 11.9 Å². The second-order valence-corrected chi connectivity index (χ2v) is 9.01. The van der Waals surface area contributed by atoms with Gasteiger partial charge in [-0.05, 0) is 61.2 Å². The summed E-state index contributed by atoms with van der Waals surface area (Å²) in [5.74, 6) is -2.59. The Balaban J connectivity index is 0.000000481. The lowest BCUT2D eigenvalue weighted by Crippen LogP contribution is -2.37. The van der Waals surface area contributed by atoms with E-state index in [4.69, 9.17) is 24.5 Å². The number of ether oxygens (including phenoxy) is 1. The van der Waals surface area contributed by atoms with Gasteiger partial charge in [0.15, 0.2) is 0 Å². The fourth-order valence-corrected chi connectivity index (χ4v) is 5.15. The van der Waals surface area contributed by atoms with Gasteiger partial charge in [-0.1, -0.05) is 48.5 Å². The van der Waals surface area contributed by atoms with Crippen LogP contribution < -0.4 is 0 Å². The molecule has 34 heavy (non-hydrogen) atoms. The number of benzene rings is 2. The number of carboxylic acid groups (broad SMARTS) is 2. The minimum Gasteiger partial charge on any atom is -0.473 e. The lowest BCUT2D eigenvalue weighted by molar-refractivity contribution is -0.159. The van der Waals surface area contributed by atoms with Gasteiger partial charge in [-0.15, -0.1) is 11.8 Å². The monoisotopic (exact) mass is 483 g/mol. The number of carbonyl (C=O) groups is 3. The number of rotatable bonds is 4. The average molecular weight is 484 g/mol. The fraction of sp³-hybridized carbons (Fsp3) is 0.346. The number of esters is 1. The van der Waals surface area contributed by atoms with E-state index in [0.717, 1.165) is 38.2 Å². The Kier molecular flexibility index (Phi) is 9.30. The number of hydrogen-bond acceptors (Lipinski definition) is 6. The lowest BCUT2D eigenvalue weighted by atomic mass is 9.93. The second kappa shape index (κ2) is 12.4. The SMILES string of the molecule is CCOC(=O)C1CCN(CC=C2c3ccccc3CSc3ccccc32)CC1.O=C(O)C(=O)O. The van der Waals surface area contributed by atoms with Crippen molar-refractivity contribution in [1.82, 2.24) is 4.90 Å². The first kappa shape index (κ1) is 25.5. The predicted octanol–water partition coefficient (Wildman–Crippen LogP) is 4.15. The molecule has 180 valence electrons. The van der Waals surface area contributed by atoms with Crippen molar-refractivity contribution in [1.29, 1.82) is 0 Å². The third kappa shape index (κ3) is 6.71. The molecule has 2 aromatic rings. The molecule has 0 aromatic heterocycles. The Labute approximate surface area is 203 Å². The molecule has 2 aliphatic rings. The smallest absolute Gasteiger partial charge is 0.414 e. The summed E-state index contributed by atoms with van der Waals surface area (Å²) >= 11 is 1.92. The summed E-state index contributed by atoms with van der Waals surface area (Å²) in [6.45, 7) is 5.16. The molecule has 2 aromatic carbocycles. The highest BCUT2D eigenvalue weighted by molar-refractivity contribution is 7.98. The predicted molar refractivity (Wildman–Crippen MR) is 131 cm³/mol. The summed E-state index contributed by atoms with van der Waals surface area (Å²) in [5, 5.41) is 14.8. The Morgan fingerprint density at radius 2 is 1.62 bits per heavy atom. The minimum absolute atomic E-state index is 0.0239. The van der Waals surface area contributed by atoms with Crippen molar-refractivity contribution in [2.24, 2.45) is 5.92 Å². The first-order chi connectivity index (χ1) is 16.4. The largest absolute Gasteiger partial charge is 0.473 e. The molecule has 0 amide bonds. The van der Waals surface area contributed by atoms with Gasteiger partial charge >= 0.3 is 17.9 Å². The van der Waals surface area contributed by atoms with Crippen LogP contribution in [0.5, 0.6) is 0 Å². The van der Waals surface area contributed by atoms with Gasteiger partial charge in [0.2, 0.25) is 0 Å². The maximum Gasteiger partial charge on any atom is 0.414 e. The number of fused-ring (bicyclic) bond motifs is 2. The van der Waals surface area contributed by atoms with Gasteiger partial charge in [0.05, 0.1) is 12.5 Å². The summed E-state index contributed by atoms with van der Waals surface area (Å²) in [6, 6.07) is 17.5. The molecular weight excluding hydrogens is 454 g/mol. The van der Waals surface area contributed by atoms with Crippen LogP contribution in [0.25, 0.3) is 5.57 Å². The van der Waals surface area contributed by atoms with Crippen molar-refractivity contribution in [3.63, 3.8) is 0 Å². The second-order valence-electron chi connectivity index (χ2n) is 8.00. The molecule has 0 atom stereocenters. The first-order valence-corrected chi connectivity index (χ1v) is 12.2. The van der Waals surface area contributed by atoms with Gasteiger partial charge in [0.25, 0.3) is 0 Å². The van der Waals surface area contributed by atoms with Gasteiger partial charge in [-0.2, -0.15) is 0 Å². The zero-order valence-electron chi connectivity index (χ0n) is 19.1. The van der Waals surface area contributed by atoms with Crippen LogP contribution in [-0.2, 0) is 24.9 Å². The van der Waals surface area contributed by atoms with Crippen molar-refractivity contribution in [2.75, 3.05) is 26.2 Å². The van der Waals surface area contributed by atoms with E-state index >= 15 is 0 Å². The minimum atomic E-state index is -1.82. The molecule has 2 aliphatic heterocycles. The van der Waals surface area contributed by atoms with E-state index in [1.807, 2.05) is 18.7 Å². The molecule has 2 heterocycles. The Morgan fingerprint density at radius 1 is 1.00 bits per heavy atom. The van der Waals surface area contributed by atoms with Gasteiger partial charge in [-0.3, -0.25) is 9.69 Å². The summed E-state index contributed by atoms with van der Waals surface area (Å²) in [5.41, 5.74) is 5.42. The third-order valence-corrected chi connectivity index (χ3v) is 6.93. The van der Waals surface area contributed by atoms with Crippen LogP contribution in [0.3, 0.4) is 0 Å². The average Bonchev–Trinajstić information content (AvgIpc) is 3.00. The van der Waals surface area contributed by atoms with Crippen molar-refractivity contribution >= 4 is 35.2 Å². The number of hydrogen-bond donors (Lipinski definition) is 2. The van der Waals surface area contributed by atoms with Crippen molar-refractivity contribution in [2.45, 2.75) is 30.4 Å². The summed E-state index contributed by atoms with van der Waals surface area (Å²) in [6.07, 6.45) is 4.17. The maximum atomic E-state index is 12.0. The van der Waals surface area contributed by atoms with Crippen LogP contribution in [0, 0.1) is 5.92 Å². The standard InChI is InChI=1S/C24H27NO2S.C2H2O4/c1-2-27-24(26)18-11-14-25(15-12-18)16-13-21-20-8-4-3-7-19(20)17-28-23-10-6-5-9-22(21)23;3-1(4)2(5)6/h3-10,13,18H,2,11-12,14-17H2,1H3;(H,3,4)(H,5,6). The van der Waals surface area contributed by atoms with Crippen molar-refractivity contribution in [3.05, 3.63) is 71.3 Å². The zero-order valence-corrected chi connectivity index (χ0v) is 19.9. The highest BCUT2D eigenvalue weighted by atomic mass is 32.2. The molecular formula is C26H29NO6S. The highest BCUT2D eigenvalue weighted by Crippen LogP contribution is 2.39. The molecule has 8 heteroatoms. The molecule has 0 unspecified atom stereocenters. The van der Waals surface area contributed by atoms with E-state index in [0.29, 0.717) is 6.61 Å². The van der Waals surface area contributed by atoms with Crippen LogP contribution in [-0.4, -0.2) is 59.3 Å². The number of likely N-dealkylation sites (tertiary alicyclic amines) is 1. The Hall–Kier alpha value is -3.10. The topological polar surface area (TPSA) is 104 Å². The van der Waals surface area contributed by atoms with Gasteiger partial charge in [0, 0.05) is 17.2 Å².